The summed E-state index contributed by atoms with van der Waals surface area (Å²) in [5, 5.41) is 6.63. The highest BCUT2D eigenvalue weighted by atomic mass is 127. The van der Waals surface area contributed by atoms with E-state index in [0.717, 1.165) is 38.4 Å². The van der Waals surface area contributed by atoms with Gasteiger partial charge >= 0.3 is 0 Å². The Morgan fingerprint density at radius 1 is 1.17 bits per heavy atom. The van der Waals surface area contributed by atoms with Crippen molar-refractivity contribution in [2.75, 3.05) is 32.1 Å². The van der Waals surface area contributed by atoms with Crippen molar-refractivity contribution in [2.24, 2.45) is 4.99 Å². The second-order valence-electron chi connectivity index (χ2n) is 5.07. The Kier molecular flexibility index (Phi) is 14.4. The van der Waals surface area contributed by atoms with Crippen LogP contribution >= 0.6 is 35.7 Å². The van der Waals surface area contributed by atoms with E-state index in [1.54, 1.807) is 23.7 Å². The van der Waals surface area contributed by atoms with E-state index in [4.69, 9.17) is 0 Å². The number of pyridine rings is 1. The molecule has 1 aromatic heterocycles. The molecule has 0 spiro atoms. The molecular formula is C16H29IN4OS. The highest BCUT2D eigenvalue weighted by Crippen LogP contribution is 1.97. The molecule has 5 nitrogen and oxygen atoms in total. The van der Waals surface area contributed by atoms with Crippen LogP contribution in [0.2, 0.25) is 0 Å². The molecule has 0 saturated heterocycles. The summed E-state index contributed by atoms with van der Waals surface area (Å²) in [6, 6.07) is 5.26. The van der Waals surface area contributed by atoms with E-state index in [1.165, 1.54) is 18.6 Å². The minimum atomic E-state index is 0. The molecule has 0 radical (unpaired) electrons. The Balaban J connectivity index is 0.00000484. The molecule has 1 aromatic rings. The number of nitrogens with zero attached hydrogens (tertiary/aromatic N) is 2. The van der Waals surface area contributed by atoms with Gasteiger partial charge in [0.1, 0.15) is 0 Å². The van der Waals surface area contributed by atoms with Gasteiger partial charge in [-0.2, -0.15) is 11.8 Å². The molecule has 0 fully saturated rings. The lowest BCUT2D eigenvalue weighted by atomic mass is 10.3. The van der Waals surface area contributed by atoms with Gasteiger partial charge in [0.25, 0.3) is 0 Å². The van der Waals surface area contributed by atoms with Crippen LogP contribution in [0.3, 0.4) is 0 Å². The molecule has 0 saturated carbocycles. The number of aliphatic imine (C=N–C) groups is 1. The first-order valence-electron chi connectivity index (χ1n) is 7.87. The maximum Gasteiger partial charge on any atom is 0.250 e. The summed E-state index contributed by atoms with van der Waals surface area (Å²) in [5.74, 6) is 2.08. The second-order valence-corrected chi connectivity index (χ2v) is 6.05. The van der Waals surface area contributed by atoms with Crippen molar-refractivity contribution in [3.63, 3.8) is 0 Å². The number of rotatable bonds is 10. The van der Waals surface area contributed by atoms with Crippen molar-refractivity contribution in [2.45, 2.75) is 32.2 Å². The molecule has 0 atom stereocenters. The number of aryl methyl sites for hydroxylation is 1. The standard InChI is InChI=1S/C16H28N4OS.HI/c1-17-16(19-11-5-8-14-22-2)18-10-4-7-13-20-12-6-3-9-15(20)21;/h3,6,9,12H,4-5,7-8,10-11,13-14H2,1-2H3,(H2,17,18,19);1H. The molecular weight excluding hydrogens is 423 g/mol. The third-order valence-corrected chi connectivity index (χ3v) is 4.01. The van der Waals surface area contributed by atoms with E-state index >= 15 is 0 Å². The number of guanidine groups is 1. The smallest absolute Gasteiger partial charge is 0.250 e. The zero-order chi connectivity index (χ0) is 16.0. The number of thioether (sulfide) groups is 1. The molecule has 7 heteroatoms. The van der Waals surface area contributed by atoms with Gasteiger partial charge < -0.3 is 15.2 Å². The Morgan fingerprint density at radius 3 is 2.48 bits per heavy atom. The molecule has 1 heterocycles. The normalized spacial score (nSPS) is 11.0. The summed E-state index contributed by atoms with van der Waals surface area (Å²) < 4.78 is 1.75. The van der Waals surface area contributed by atoms with E-state index in [0.29, 0.717) is 0 Å². The van der Waals surface area contributed by atoms with Gasteiger partial charge in [-0.15, -0.1) is 24.0 Å². The molecule has 0 aliphatic heterocycles. The van der Waals surface area contributed by atoms with E-state index in [2.05, 4.69) is 21.9 Å². The molecule has 0 aliphatic carbocycles. The molecule has 23 heavy (non-hydrogen) atoms. The predicted molar refractivity (Wildman–Crippen MR) is 112 cm³/mol. The summed E-state index contributed by atoms with van der Waals surface area (Å²) in [5.41, 5.74) is 0.0678. The average molecular weight is 452 g/mol. The minimum absolute atomic E-state index is 0. The van der Waals surface area contributed by atoms with Crippen molar-refractivity contribution in [1.82, 2.24) is 15.2 Å². The number of halogens is 1. The van der Waals surface area contributed by atoms with Crippen LogP contribution in [0.15, 0.2) is 34.2 Å². The summed E-state index contributed by atoms with van der Waals surface area (Å²) in [6.07, 6.45) is 8.36. The molecule has 0 unspecified atom stereocenters. The zero-order valence-electron chi connectivity index (χ0n) is 14.1. The Hall–Kier alpha value is -0.700. The molecule has 0 amide bonds. The van der Waals surface area contributed by atoms with Crippen molar-refractivity contribution in [1.29, 1.82) is 0 Å². The largest absolute Gasteiger partial charge is 0.356 e. The van der Waals surface area contributed by atoms with Gasteiger partial charge in [-0.1, -0.05) is 6.07 Å². The maximum atomic E-state index is 11.5. The predicted octanol–water partition coefficient (Wildman–Crippen LogP) is 2.55. The zero-order valence-corrected chi connectivity index (χ0v) is 17.2. The van der Waals surface area contributed by atoms with Crippen LogP contribution in [0, 0.1) is 0 Å². The summed E-state index contributed by atoms with van der Waals surface area (Å²) >= 11 is 1.89. The lowest BCUT2D eigenvalue weighted by Crippen LogP contribution is -2.38. The van der Waals surface area contributed by atoms with Gasteiger partial charge in [-0.3, -0.25) is 9.79 Å². The fourth-order valence-corrected chi connectivity index (χ4v) is 2.55. The van der Waals surface area contributed by atoms with Gasteiger partial charge in [0.2, 0.25) is 5.56 Å². The highest BCUT2D eigenvalue weighted by molar-refractivity contribution is 14.0. The number of hydrogen-bond acceptors (Lipinski definition) is 3. The SMILES string of the molecule is CN=C(NCCCCSC)NCCCCn1ccccc1=O.I. The quantitative estimate of drug-likeness (QED) is 0.248. The van der Waals surface area contributed by atoms with Gasteiger partial charge in [-0.05, 0) is 43.8 Å². The van der Waals surface area contributed by atoms with E-state index in [-0.39, 0.29) is 29.5 Å². The van der Waals surface area contributed by atoms with Crippen LogP contribution in [-0.4, -0.2) is 42.7 Å². The molecule has 132 valence electrons. The molecule has 0 aliphatic rings. The maximum absolute atomic E-state index is 11.5. The second kappa shape index (κ2) is 14.9. The Morgan fingerprint density at radius 2 is 1.87 bits per heavy atom. The van der Waals surface area contributed by atoms with Gasteiger partial charge in [0, 0.05) is 38.9 Å². The molecule has 2 N–H and O–H groups in total. The van der Waals surface area contributed by atoms with Gasteiger partial charge in [0.05, 0.1) is 0 Å². The Labute approximate surface area is 160 Å². The first-order chi connectivity index (χ1) is 10.8. The van der Waals surface area contributed by atoms with Gasteiger partial charge in [-0.25, -0.2) is 0 Å². The average Bonchev–Trinajstić information content (AvgIpc) is 2.54. The van der Waals surface area contributed by atoms with E-state index in [1.807, 2.05) is 24.0 Å². The lowest BCUT2D eigenvalue weighted by Gasteiger charge is -2.12. The third kappa shape index (κ3) is 10.6. The molecule has 1 rings (SSSR count). The topological polar surface area (TPSA) is 58.4 Å². The highest BCUT2D eigenvalue weighted by Gasteiger charge is 1.97. The first kappa shape index (κ1) is 22.3. The van der Waals surface area contributed by atoms with Crippen LogP contribution in [0.5, 0.6) is 0 Å². The summed E-state index contributed by atoms with van der Waals surface area (Å²) in [7, 11) is 1.79. The number of nitrogens with one attached hydrogen (secondary N) is 2. The van der Waals surface area contributed by atoms with Crippen molar-refractivity contribution < 1.29 is 0 Å². The van der Waals surface area contributed by atoms with Crippen LogP contribution in [0.25, 0.3) is 0 Å². The van der Waals surface area contributed by atoms with E-state index in [9.17, 15) is 4.79 Å². The molecule has 0 bridgehead atoms. The lowest BCUT2D eigenvalue weighted by molar-refractivity contribution is 0.585. The fourth-order valence-electron chi connectivity index (χ4n) is 2.06. The minimum Gasteiger partial charge on any atom is -0.356 e. The van der Waals surface area contributed by atoms with Crippen LogP contribution in [-0.2, 0) is 6.54 Å². The van der Waals surface area contributed by atoms with Crippen molar-refractivity contribution in [3.05, 3.63) is 34.7 Å². The van der Waals surface area contributed by atoms with Crippen molar-refractivity contribution >= 4 is 41.7 Å². The van der Waals surface area contributed by atoms with Crippen molar-refractivity contribution in [3.8, 4) is 0 Å². The monoisotopic (exact) mass is 452 g/mol. The van der Waals surface area contributed by atoms with E-state index < -0.39 is 0 Å². The molecule has 0 aromatic carbocycles. The number of unbranched alkanes of at least 4 members (excludes halogenated alkanes) is 2. The van der Waals surface area contributed by atoms with Crippen LogP contribution in [0.4, 0.5) is 0 Å². The fraction of sp³-hybridized carbons (Fsp3) is 0.625. The summed E-state index contributed by atoms with van der Waals surface area (Å²) in [4.78, 5) is 15.8. The van der Waals surface area contributed by atoms with Gasteiger partial charge in [0.15, 0.2) is 5.96 Å². The van der Waals surface area contributed by atoms with Crippen LogP contribution in [0.1, 0.15) is 25.7 Å². The first-order valence-corrected chi connectivity index (χ1v) is 9.26. The Bertz CT molecular complexity index is 493. The number of hydrogen-bond donors (Lipinski definition) is 2. The number of aromatic nitrogens is 1. The third-order valence-electron chi connectivity index (χ3n) is 3.31. The van der Waals surface area contributed by atoms with Crippen LogP contribution < -0.4 is 16.2 Å². The summed E-state index contributed by atoms with van der Waals surface area (Å²) in [6.45, 7) is 2.59.